The number of imidazole rings is 1. The number of carbonyl (C=O) groups excluding carboxylic acids is 1. The van der Waals surface area contributed by atoms with Crippen LogP contribution in [0.25, 0.3) is 22.4 Å². The fourth-order valence-corrected chi connectivity index (χ4v) is 2.16. The summed E-state index contributed by atoms with van der Waals surface area (Å²) in [6, 6.07) is 5.64. The number of rotatable bonds is 2. The van der Waals surface area contributed by atoms with E-state index in [0.29, 0.717) is 22.9 Å². The minimum Gasteiger partial charge on any atom is -0.441 e. The predicted octanol–water partition coefficient (Wildman–Crippen LogP) is 2.66. The predicted molar refractivity (Wildman–Crippen MR) is 71.1 cm³/mol. The molecule has 5 nitrogen and oxygen atoms in total. The van der Waals surface area contributed by atoms with Crippen LogP contribution in [0.5, 0.6) is 0 Å². The minimum absolute atomic E-state index is 0.563. The van der Waals surface area contributed by atoms with E-state index in [2.05, 4.69) is 9.97 Å². The van der Waals surface area contributed by atoms with Crippen LogP contribution in [0.2, 0.25) is 0 Å². The summed E-state index contributed by atoms with van der Waals surface area (Å²) in [7, 11) is 1.83. The number of nitrogens with zero attached hydrogens (tertiary/aromatic N) is 3. The molecule has 2 heterocycles. The molecule has 0 radical (unpaired) electrons. The van der Waals surface area contributed by atoms with E-state index in [4.69, 9.17) is 4.42 Å². The van der Waals surface area contributed by atoms with Gasteiger partial charge >= 0.3 is 0 Å². The highest BCUT2D eigenvalue weighted by atomic mass is 16.3. The molecule has 0 saturated heterocycles. The summed E-state index contributed by atoms with van der Waals surface area (Å²) in [6.07, 6.45) is 0.825. The molecule has 0 fully saturated rings. The molecule has 1 aromatic carbocycles. The van der Waals surface area contributed by atoms with Gasteiger partial charge in [-0.1, -0.05) is 6.07 Å². The lowest BCUT2D eigenvalue weighted by molar-refractivity contribution is 0.111. The molecule has 0 saturated carbocycles. The summed E-state index contributed by atoms with van der Waals surface area (Å²) in [5.41, 5.74) is 3.60. The van der Waals surface area contributed by atoms with E-state index < -0.39 is 0 Å². The maximum absolute atomic E-state index is 11.2. The van der Waals surface area contributed by atoms with E-state index in [1.165, 1.54) is 0 Å². The maximum Gasteiger partial charge on any atom is 0.192 e. The van der Waals surface area contributed by atoms with Crippen molar-refractivity contribution in [3.8, 4) is 11.3 Å². The molecule has 0 aliphatic heterocycles. The van der Waals surface area contributed by atoms with Crippen LogP contribution in [0.15, 0.2) is 22.6 Å². The first-order valence-electron chi connectivity index (χ1n) is 5.96. The Hall–Kier alpha value is -2.43. The second kappa shape index (κ2) is 4.05. The SMILES string of the molecule is Cc1nc2ccc(-c3nc(C)n(C)c3C=O)cc2o1. The van der Waals surface area contributed by atoms with Crippen molar-refractivity contribution in [1.82, 2.24) is 14.5 Å². The normalized spacial score (nSPS) is 11.1. The van der Waals surface area contributed by atoms with Crippen LogP contribution in [0.3, 0.4) is 0 Å². The molecule has 2 aromatic heterocycles. The number of fused-ring (bicyclic) bond motifs is 1. The Balaban J connectivity index is 2.23. The second-order valence-corrected chi connectivity index (χ2v) is 4.49. The van der Waals surface area contributed by atoms with Crippen molar-refractivity contribution in [3.05, 3.63) is 35.6 Å². The summed E-state index contributed by atoms with van der Waals surface area (Å²) in [4.78, 5) is 19.9. The fourth-order valence-electron chi connectivity index (χ4n) is 2.16. The number of aromatic nitrogens is 3. The van der Waals surface area contributed by atoms with Crippen molar-refractivity contribution in [1.29, 1.82) is 0 Å². The fraction of sp³-hybridized carbons (Fsp3) is 0.214. The smallest absolute Gasteiger partial charge is 0.192 e. The van der Waals surface area contributed by atoms with Gasteiger partial charge in [-0.05, 0) is 19.1 Å². The van der Waals surface area contributed by atoms with Crippen LogP contribution < -0.4 is 0 Å². The summed E-state index contributed by atoms with van der Waals surface area (Å²) in [5, 5.41) is 0. The monoisotopic (exact) mass is 255 g/mol. The minimum atomic E-state index is 0.563. The van der Waals surface area contributed by atoms with E-state index in [1.807, 2.05) is 32.2 Å². The first kappa shape index (κ1) is 11.6. The average Bonchev–Trinajstić information content (AvgIpc) is 2.89. The lowest BCUT2D eigenvalue weighted by Crippen LogP contribution is -1.97. The van der Waals surface area contributed by atoms with E-state index in [-0.39, 0.29) is 0 Å². The molecule has 0 unspecified atom stereocenters. The van der Waals surface area contributed by atoms with Gasteiger partial charge in [0, 0.05) is 19.5 Å². The Labute approximate surface area is 109 Å². The van der Waals surface area contributed by atoms with Crippen molar-refractivity contribution in [2.45, 2.75) is 13.8 Å². The van der Waals surface area contributed by atoms with Crippen molar-refractivity contribution < 1.29 is 9.21 Å². The molecule has 3 rings (SSSR count). The molecule has 0 atom stereocenters. The highest BCUT2D eigenvalue weighted by Gasteiger charge is 2.14. The number of benzene rings is 1. The summed E-state index contributed by atoms with van der Waals surface area (Å²) < 4.78 is 7.28. The Bertz CT molecular complexity index is 783. The molecule has 5 heteroatoms. The molecular formula is C14H13N3O2. The number of aryl methyl sites for hydroxylation is 2. The molecule has 0 bridgehead atoms. The topological polar surface area (TPSA) is 60.9 Å². The van der Waals surface area contributed by atoms with E-state index in [0.717, 1.165) is 23.2 Å². The zero-order chi connectivity index (χ0) is 13.6. The number of oxazole rings is 1. The maximum atomic E-state index is 11.2. The molecule has 0 spiro atoms. The van der Waals surface area contributed by atoms with Gasteiger partial charge in [0.15, 0.2) is 17.8 Å². The van der Waals surface area contributed by atoms with Crippen LogP contribution in [0.1, 0.15) is 22.2 Å². The first-order valence-corrected chi connectivity index (χ1v) is 5.96. The van der Waals surface area contributed by atoms with Gasteiger partial charge in [-0.15, -0.1) is 0 Å². The van der Waals surface area contributed by atoms with Gasteiger partial charge in [0.2, 0.25) is 0 Å². The van der Waals surface area contributed by atoms with E-state index >= 15 is 0 Å². The van der Waals surface area contributed by atoms with Gasteiger partial charge in [-0.3, -0.25) is 4.79 Å². The van der Waals surface area contributed by atoms with Gasteiger partial charge in [-0.25, -0.2) is 9.97 Å². The highest BCUT2D eigenvalue weighted by molar-refractivity contribution is 5.87. The van der Waals surface area contributed by atoms with Crippen molar-refractivity contribution in [3.63, 3.8) is 0 Å². The molecule has 0 N–H and O–H groups in total. The van der Waals surface area contributed by atoms with E-state index in [1.54, 1.807) is 11.5 Å². The van der Waals surface area contributed by atoms with Crippen LogP contribution in [-0.2, 0) is 7.05 Å². The van der Waals surface area contributed by atoms with Gasteiger partial charge in [0.05, 0.1) is 5.69 Å². The van der Waals surface area contributed by atoms with Gasteiger partial charge in [0.1, 0.15) is 17.0 Å². The Morgan fingerprint density at radius 1 is 1.26 bits per heavy atom. The Morgan fingerprint density at radius 2 is 2.05 bits per heavy atom. The molecule has 0 aliphatic rings. The summed E-state index contributed by atoms with van der Waals surface area (Å²) in [5.74, 6) is 1.42. The second-order valence-electron chi connectivity index (χ2n) is 4.49. The zero-order valence-corrected chi connectivity index (χ0v) is 11.0. The van der Waals surface area contributed by atoms with Crippen molar-refractivity contribution >= 4 is 17.4 Å². The van der Waals surface area contributed by atoms with Gasteiger partial charge in [-0.2, -0.15) is 0 Å². The molecule has 19 heavy (non-hydrogen) atoms. The number of carbonyl (C=O) groups is 1. The largest absolute Gasteiger partial charge is 0.441 e. The number of hydrogen-bond donors (Lipinski definition) is 0. The zero-order valence-electron chi connectivity index (χ0n) is 11.0. The highest BCUT2D eigenvalue weighted by Crippen LogP contribution is 2.26. The third-order valence-corrected chi connectivity index (χ3v) is 3.24. The lowest BCUT2D eigenvalue weighted by atomic mass is 10.1. The molecular weight excluding hydrogens is 242 g/mol. The van der Waals surface area contributed by atoms with Crippen LogP contribution in [0.4, 0.5) is 0 Å². The van der Waals surface area contributed by atoms with Crippen molar-refractivity contribution in [2.24, 2.45) is 7.05 Å². The third-order valence-electron chi connectivity index (χ3n) is 3.24. The Morgan fingerprint density at radius 3 is 2.79 bits per heavy atom. The summed E-state index contributed by atoms with van der Waals surface area (Å²) in [6.45, 7) is 3.68. The Kier molecular flexibility index (Phi) is 2.48. The molecule has 3 aromatic rings. The van der Waals surface area contributed by atoms with E-state index in [9.17, 15) is 4.79 Å². The standard InChI is InChI=1S/C14H13N3O2/c1-8-15-14(12(7-18)17(8)3)10-4-5-11-13(6-10)19-9(2)16-11/h4-7H,1-3H3. The van der Waals surface area contributed by atoms with Gasteiger partial charge in [0.25, 0.3) is 0 Å². The first-order chi connectivity index (χ1) is 9.10. The van der Waals surface area contributed by atoms with Crippen LogP contribution >= 0.6 is 0 Å². The third kappa shape index (κ3) is 1.74. The molecule has 0 aliphatic carbocycles. The number of aldehydes is 1. The molecule has 0 amide bonds. The lowest BCUT2D eigenvalue weighted by Gasteiger charge is -1.99. The number of hydrogen-bond acceptors (Lipinski definition) is 4. The van der Waals surface area contributed by atoms with Crippen LogP contribution in [0, 0.1) is 13.8 Å². The molecule has 96 valence electrons. The average molecular weight is 255 g/mol. The quantitative estimate of drug-likeness (QED) is 0.660. The summed E-state index contributed by atoms with van der Waals surface area (Å²) >= 11 is 0. The van der Waals surface area contributed by atoms with Gasteiger partial charge < -0.3 is 8.98 Å². The van der Waals surface area contributed by atoms with Crippen LogP contribution in [-0.4, -0.2) is 20.8 Å². The van der Waals surface area contributed by atoms with Crippen molar-refractivity contribution in [2.75, 3.05) is 0 Å².